The van der Waals surface area contributed by atoms with Crippen LogP contribution in [0, 0.1) is 0 Å². The Morgan fingerprint density at radius 1 is 1.44 bits per heavy atom. The van der Waals surface area contributed by atoms with Gasteiger partial charge in [-0.15, -0.1) is 0 Å². The molecule has 0 bridgehead atoms. The second-order valence-electron chi connectivity index (χ2n) is 3.88. The molecular formula is C11H23NO3S. The topological polar surface area (TPSA) is 72.5 Å². The van der Waals surface area contributed by atoms with Gasteiger partial charge in [-0.3, -0.25) is 4.79 Å². The third kappa shape index (κ3) is 6.35. The number of nitrogens with two attached hydrogens (primary N) is 1. The molecule has 0 aromatic carbocycles. The van der Waals surface area contributed by atoms with Crippen molar-refractivity contribution in [3.8, 4) is 0 Å². The molecule has 0 aliphatic rings. The molecule has 0 aliphatic carbocycles. The molecule has 0 amide bonds. The smallest absolute Gasteiger partial charge is 0.323 e. The molecule has 0 aromatic rings. The Labute approximate surface area is 102 Å². The summed E-state index contributed by atoms with van der Waals surface area (Å²) in [7, 11) is 1.70. The fourth-order valence-corrected chi connectivity index (χ4v) is 2.21. The summed E-state index contributed by atoms with van der Waals surface area (Å²) in [5.41, 5.74) is 4.74. The highest BCUT2D eigenvalue weighted by Crippen LogP contribution is 2.17. The maximum Gasteiger partial charge on any atom is 0.323 e. The number of rotatable bonds is 10. The molecule has 0 saturated carbocycles. The Hall–Kier alpha value is -0.260. The lowest BCUT2D eigenvalue weighted by Crippen LogP contribution is -2.47. The van der Waals surface area contributed by atoms with Crippen molar-refractivity contribution in [1.82, 2.24) is 0 Å². The molecule has 0 heterocycles. The zero-order valence-corrected chi connectivity index (χ0v) is 11.0. The number of aliphatic carboxylic acids is 1. The highest BCUT2D eigenvalue weighted by Gasteiger charge is 2.30. The highest BCUT2D eigenvalue weighted by molar-refractivity contribution is 7.99. The first-order chi connectivity index (χ1) is 7.56. The van der Waals surface area contributed by atoms with Crippen LogP contribution in [-0.2, 0) is 9.53 Å². The van der Waals surface area contributed by atoms with Crippen molar-refractivity contribution in [2.75, 3.05) is 25.2 Å². The van der Waals surface area contributed by atoms with E-state index in [1.54, 1.807) is 7.11 Å². The van der Waals surface area contributed by atoms with Gasteiger partial charge in [0.05, 0.1) is 0 Å². The summed E-state index contributed by atoms with van der Waals surface area (Å²) in [6.45, 7) is 2.61. The van der Waals surface area contributed by atoms with Gasteiger partial charge in [0.25, 0.3) is 0 Å². The number of carboxylic acid groups (broad SMARTS) is 1. The quantitative estimate of drug-likeness (QED) is 0.577. The summed E-state index contributed by atoms with van der Waals surface area (Å²) >= 11 is 1.83. The number of ether oxygens (including phenoxy) is 1. The van der Waals surface area contributed by atoms with Crippen molar-refractivity contribution in [1.29, 1.82) is 0 Å². The summed E-state index contributed by atoms with van der Waals surface area (Å²) in [5, 5.41) is 8.96. The highest BCUT2D eigenvalue weighted by atomic mass is 32.2. The van der Waals surface area contributed by atoms with E-state index in [-0.39, 0.29) is 0 Å². The van der Waals surface area contributed by atoms with Crippen molar-refractivity contribution in [3.63, 3.8) is 0 Å². The second kappa shape index (κ2) is 8.84. The fraction of sp³-hybridized carbons (Fsp3) is 0.909. The summed E-state index contributed by atoms with van der Waals surface area (Å²) in [4.78, 5) is 10.9. The van der Waals surface area contributed by atoms with Crippen LogP contribution in [-0.4, -0.2) is 41.8 Å². The van der Waals surface area contributed by atoms with Crippen LogP contribution in [0.15, 0.2) is 0 Å². The van der Waals surface area contributed by atoms with E-state index in [0.29, 0.717) is 12.8 Å². The Balaban J connectivity index is 3.53. The molecule has 1 atom stereocenters. The lowest BCUT2D eigenvalue weighted by atomic mass is 9.92. The van der Waals surface area contributed by atoms with Gasteiger partial charge in [0, 0.05) is 13.7 Å². The lowest BCUT2D eigenvalue weighted by Gasteiger charge is -2.22. The van der Waals surface area contributed by atoms with Crippen molar-refractivity contribution >= 4 is 17.7 Å². The predicted molar refractivity (Wildman–Crippen MR) is 67.9 cm³/mol. The Morgan fingerprint density at radius 2 is 2.06 bits per heavy atom. The fourth-order valence-electron chi connectivity index (χ4n) is 1.33. The average molecular weight is 249 g/mol. The third-order valence-corrected chi connectivity index (χ3v) is 3.76. The lowest BCUT2D eigenvalue weighted by molar-refractivity contribution is -0.143. The number of thioether (sulfide) groups is 1. The van der Waals surface area contributed by atoms with E-state index in [0.717, 1.165) is 31.0 Å². The minimum absolute atomic E-state index is 0.483. The van der Waals surface area contributed by atoms with Gasteiger partial charge < -0.3 is 15.6 Å². The maximum atomic E-state index is 10.9. The van der Waals surface area contributed by atoms with Crippen LogP contribution in [0.1, 0.15) is 32.6 Å². The van der Waals surface area contributed by atoms with Crippen LogP contribution >= 0.6 is 11.8 Å². The van der Waals surface area contributed by atoms with Crippen molar-refractivity contribution < 1.29 is 14.6 Å². The van der Waals surface area contributed by atoms with E-state index < -0.39 is 11.5 Å². The van der Waals surface area contributed by atoms with Crippen molar-refractivity contribution in [2.45, 2.75) is 38.1 Å². The summed E-state index contributed by atoms with van der Waals surface area (Å²) in [5.74, 6) is 1.14. The number of carboxylic acids is 1. The summed E-state index contributed by atoms with van der Waals surface area (Å²) < 4.78 is 4.94. The van der Waals surface area contributed by atoms with Crippen LogP contribution in [0.5, 0.6) is 0 Å². The number of hydrogen-bond donors (Lipinski definition) is 2. The molecular weight excluding hydrogens is 226 g/mol. The van der Waals surface area contributed by atoms with Gasteiger partial charge in [-0.05, 0) is 37.2 Å². The SMILES string of the molecule is CCC(N)(CCCSCCCOC)C(=O)O. The Kier molecular flexibility index (Phi) is 8.70. The van der Waals surface area contributed by atoms with E-state index in [2.05, 4.69) is 0 Å². The number of hydrogen-bond acceptors (Lipinski definition) is 4. The molecule has 96 valence electrons. The van der Waals surface area contributed by atoms with E-state index in [1.807, 2.05) is 18.7 Å². The molecule has 16 heavy (non-hydrogen) atoms. The normalized spacial score (nSPS) is 14.7. The van der Waals surface area contributed by atoms with Gasteiger partial charge in [0.2, 0.25) is 0 Å². The molecule has 4 nitrogen and oxygen atoms in total. The zero-order chi connectivity index (χ0) is 12.4. The van der Waals surface area contributed by atoms with Gasteiger partial charge >= 0.3 is 5.97 Å². The molecule has 0 spiro atoms. The third-order valence-electron chi connectivity index (χ3n) is 2.61. The Morgan fingerprint density at radius 3 is 2.56 bits per heavy atom. The van der Waals surface area contributed by atoms with Gasteiger partial charge in [-0.25, -0.2) is 0 Å². The van der Waals surface area contributed by atoms with Crippen LogP contribution < -0.4 is 5.73 Å². The van der Waals surface area contributed by atoms with E-state index in [1.165, 1.54) is 0 Å². The first kappa shape index (κ1) is 15.7. The summed E-state index contributed by atoms with van der Waals surface area (Å²) in [6, 6.07) is 0. The van der Waals surface area contributed by atoms with Gasteiger partial charge in [-0.1, -0.05) is 6.92 Å². The predicted octanol–water partition coefficient (Wildman–Crippen LogP) is 1.73. The molecule has 0 aliphatic heterocycles. The average Bonchev–Trinajstić information content (AvgIpc) is 2.27. The second-order valence-corrected chi connectivity index (χ2v) is 5.10. The van der Waals surface area contributed by atoms with E-state index in [9.17, 15) is 4.79 Å². The first-order valence-electron chi connectivity index (χ1n) is 5.65. The first-order valence-corrected chi connectivity index (χ1v) is 6.81. The molecule has 0 radical (unpaired) electrons. The summed E-state index contributed by atoms with van der Waals surface area (Å²) in [6.07, 6.45) is 2.93. The minimum atomic E-state index is -1.03. The van der Waals surface area contributed by atoms with Crippen LogP contribution in [0.2, 0.25) is 0 Å². The largest absolute Gasteiger partial charge is 0.480 e. The molecule has 5 heteroatoms. The number of methoxy groups -OCH3 is 1. The Bertz CT molecular complexity index is 202. The monoisotopic (exact) mass is 249 g/mol. The number of carbonyl (C=O) groups is 1. The van der Waals surface area contributed by atoms with Crippen molar-refractivity contribution in [3.05, 3.63) is 0 Å². The van der Waals surface area contributed by atoms with Crippen LogP contribution in [0.3, 0.4) is 0 Å². The minimum Gasteiger partial charge on any atom is -0.480 e. The van der Waals surface area contributed by atoms with E-state index in [4.69, 9.17) is 15.6 Å². The van der Waals surface area contributed by atoms with Gasteiger partial charge in [0.15, 0.2) is 0 Å². The van der Waals surface area contributed by atoms with Crippen LogP contribution in [0.25, 0.3) is 0 Å². The van der Waals surface area contributed by atoms with Crippen LogP contribution in [0.4, 0.5) is 0 Å². The van der Waals surface area contributed by atoms with Gasteiger partial charge in [-0.2, -0.15) is 11.8 Å². The zero-order valence-electron chi connectivity index (χ0n) is 10.2. The van der Waals surface area contributed by atoms with Gasteiger partial charge in [0.1, 0.15) is 5.54 Å². The molecule has 1 unspecified atom stereocenters. The molecule has 0 aromatic heterocycles. The molecule has 0 saturated heterocycles. The molecule has 3 N–H and O–H groups in total. The molecule has 0 fully saturated rings. The van der Waals surface area contributed by atoms with E-state index >= 15 is 0 Å². The van der Waals surface area contributed by atoms with Crippen molar-refractivity contribution in [2.24, 2.45) is 5.73 Å². The standard InChI is InChI=1S/C11H23NO3S/c1-3-11(12,10(13)14)6-4-8-16-9-5-7-15-2/h3-9,12H2,1-2H3,(H,13,14). The maximum absolute atomic E-state index is 10.9. The molecule has 0 rings (SSSR count).